The molecule has 0 spiro atoms. The van der Waals surface area contributed by atoms with E-state index in [-0.39, 0.29) is 37.2 Å². The number of amides is 2. The molecule has 2 saturated heterocycles. The van der Waals surface area contributed by atoms with Crippen molar-refractivity contribution in [2.45, 2.75) is 12.3 Å². The Hall–Kier alpha value is -4.94. The Morgan fingerprint density at radius 2 is 1.80 bits per heavy atom. The van der Waals surface area contributed by atoms with Gasteiger partial charge in [-0.25, -0.2) is 0 Å². The summed E-state index contributed by atoms with van der Waals surface area (Å²) in [5, 5.41) is 13.1. The number of nitrogens with one attached hydrogen (secondary N) is 1. The number of para-hydroxylation sites is 2. The minimum absolute atomic E-state index is 0.0648. The van der Waals surface area contributed by atoms with E-state index in [9.17, 15) is 19.5 Å². The summed E-state index contributed by atoms with van der Waals surface area (Å²) in [5.74, 6) is -1.48. The van der Waals surface area contributed by atoms with Gasteiger partial charge in [0.1, 0.15) is 11.3 Å². The van der Waals surface area contributed by atoms with Crippen molar-refractivity contribution < 1.29 is 33.4 Å². The third-order valence-electron chi connectivity index (χ3n) is 8.69. The van der Waals surface area contributed by atoms with Crippen LogP contribution >= 0.6 is 0 Å². The number of likely N-dealkylation sites (tertiary alicyclic amines) is 1. The van der Waals surface area contributed by atoms with Gasteiger partial charge in [-0.1, -0.05) is 30.3 Å². The number of carbonyl (C=O) groups excluding carboxylic acids is 2. The maximum absolute atomic E-state index is 13.2. The van der Waals surface area contributed by atoms with Gasteiger partial charge in [0.2, 0.25) is 11.8 Å². The Morgan fingerprint density at radius 3 is 2.54 bits per heavy atom. The van der Waals surface area contributed by atoms with Crippen LogP contribution in [-0.4, -0.2) is 97.8 Å². The van der Waals surface area contributed by atoms with Crippen LogP contribution in [0.3, 0.4) is 0 Å². The molecule has 3 aromatic carbocycles. The number of benzene rings is 3. The number of carbonyl (C=O) groups is 3. The molecule has 2 aliphatic heterocycles. The van der Waals surface area contributed by atoms with E-state index in [0.29, 0.717) is 61.4 Å². The zero-order chi connectivity index (χ0) is 32.2. The normalized spacial score (nSPS) is 18.4. The van der Waals surface area contributed by atoms with Crippen molar-refractivity contribution in [2.75, 3.05) is 70.3 Å². The second-order valence-corrected chi connectivity index (χ2v) is 11.6. The number of methoxy groups -OCH3 is 1. The van der Waals surface area contributed by atoms with Gasteiger partial charge in [0, 0.05) is 44.8 Å². The molecule has 240 valence electrons. The van der Waals surface area contributed by atoms with Crippen molar-refractivity contribution >= 4 is 46.3 Å². The second-order valence-electron chi connectivity index (χ2n) is 11.6. The summed E-state index contributed by atoms with van der Waals surface area (Å²) < 4.78 is 16.6. The van der Waals surface area contributed by atoms with Gasteiger partial charge in [-0.15, -0.1) is 0 Å². The smallest absolute Gasteiger partial charge is 0.308 e. The molecule has 2 atom stereocenters. The summed E-state index contributed by atoms with van der Waals surface area (Å²) in [6, 6.07) is 20.6. The molecule has 2 amide bonds. The summed E-state index contributed by atoms with van der Waals surface area (Å²) in [5.41, 5.74) is 4.22. The predicted molar refractivity (Wildman–Crippen MR) is 172 cm³/mol. The summed E-state index contributed by atoms with van der Waals surface area (Å²) in [6.45, 7) is 3.35. The van der Waals surface area contributed by atoms with E-state index in [4.69, 9.17) is 13.9 Å². The van der Waals surface area contributed by atoms with Gasteiger partial charge < -0.3 is 34.1 Å². The van der Waals surface area contributed by atoms with Gasteiger partial charge in [0.25, 0.3) is 6.01 Å². The number of aliphatic carboxylic acids is 1. The maximum atomic E-state index is 13.2. The highest BCUT2D eigenvalue weighted by atomic mass is 16.5. The Morgan fingerprint density at radius 1 is 1.04 bits per heavy atom. The first-order valence-corrected chi connectivity index (χ1v) is 15.3. The molecular weight excluding hydrogens is 590 g/mol. The zero-order valence-electron chi connectivity index (χ0n) is 25.8. The molecular formula is C34H37N5O7. The summed E-state index contributed by atoms with van der Waals surface area (Å²) in [7, 11) is 3.30. The SMILES string of the molecule is COc1ccccc1Nc1nc2ccc(CC(=O)N(C)c3ccc(C4CN(C(=O)CN5CCOCC5)CC4C(=O)O)cc3)cc2o1. The van der Waals surface area contributed by atoms with Crippen molar-refractivity contribution in [2.24, 2.45) is 5.92 Å². The Balaban J connectivity index is 1.09. The number of fused-ring (bicyclic) bond motifs is 1. The highest BCUT2D eigenvalue weighted by Crippen LogP contribution is 2.34. The van der Waals surface area contributed by atoms with Crippen LogP contribution in [0.2, 0.25) is 0 Å². The first-order chi connectivity index (χ1) is 22.3. The van der Waals surface area contributed by atoms with E-state index < -0.39 is 11.9 Å². The molecule has 12 heteroatoms. The molecule has 1 aromatic heterocycles. The number of hydrogen-bond donors (Lipinski definition) is 2. The van der Waals surface area contributed by atoms with Crippen molar-refractivity contribution in [3.8, 4) is 5.75 Å². The highest BCUT2D eigenvalue weighted by Gasteiger charge is 2.40. The van der Waals surface area contributed by atoms with Crippen molar-refractivity contribution in [3.63, 3.8) is 0 Å². The first-order valence-electron chi connectivity index (χ1n) is 15.3. The number of morpholine rings is 1. The zero-order valence-corrected chi connectivity index (χ0v) is 25.8. The van der Waals surface area contributed by atoms with E-state index >= 15 is 0 Å². The fraction of sp³-hybridized carbons (Fsp3) is 0.353. The second kappa shape index (κ2) is 13.6. The van der Waals surface area contributed by atoms with Crippen LogP contribution in [0.15, 0.2) is 71.1 Å². The largest absolute Gasteiger partial charge is 0.495 e. The van der Waals surface area contributed by atoms with E-state index in [2.05, 4.69) is 10.3 Å². The van der Waals surface area contributed by atoms with E-state index in [1.807, 2.05) is 71.6 Å². The van der Waals surface area contributed by atoms with Crippen LogP contribution in [0, 0.1) is 5.92 Å². The molecule has 0 radical (unpaired) electrons. The van der Waals surface area contributed by atoms with Crippen LogP contribution in [0.4, 0.5) is 17.4 Å². The lowest BCUT2D eigenvalue weighted by atomic mass is 9.89. The van der Waals surface area contributed by atoms with Crippen LogP contribution in [0.5, 0.6) is 5.75 Å². The van der Waals surface area contributed by atoms with Gasteiger partial charge >= 0.3 is 5.97 Å². The minimum Gasteiger partial charge on any atom is -0.495 e. The number of carboxylic acids is 1. The van der Waals surface area contributed by atoms with Crippen molar-refractivity contribution in [1.82, 2.24) is 14.8 Å². The number of aromatic nitrogens is 1. The van der Waals surface area contributed by atoms with Crippen LogP contribution in [0.1, 0.15) is 17.0 Å². The summed E-state index contributed by atoms with van der Waals surface area (Å²) >= 11 is 0. The Kier molecular flexibility index (Phi) is 9.18. The molecule has 6 rings (SSSR count). The fourth-order valence-corrected chi connectivity index (χ4v) is 6.02. The molecule has 0 aliphatic carbocycles. The van der Waals surface area contributed by atoms with Gasteiger partial charge in [-0.3, -0.25) is 19.3 Å². The highest BCUT2D eigenvalue weighted by molar-refractivity contribution is 5.94. The number of oxazole rings is 1. The summed E-state index contributed by atoms with van der Waals surface area (Å²) in [6.07, 6.45) is 0.147. The minimum atomic E-state index is -0.922. The van der Waals surface area contributed by atoms with E-state index in [0.717, 1.165) is 16.8 Å². The average molecular weight is 628 g/mol. The molecule has 3 heterocycles. The third-order valence-corrected chi connectivity index (χ3v) is 8.69. The van der Waals surface area contributed by atoms with Crippen molar-refractivity contribution in [1.29, 1.82) is 0 Å². The molecule has 0 bridgehead atoms. The third kappa shape index (κ3) is 6.82. The van der Waals surface area contributed by atoms with Crippen molar-refractivity contribution in [3.05, 3.63) is 77.9 Å². The van der Waals surface area contributed by atoms with Gasteiger partial charge in [0.15, 0.2) is 5.58 Å². The lowest BCUT2D eigenvalue weighted by molar-refractivity contribution is -0.142. The average Bonchev–Trinajstić information content (AvgIpc) is 3.70. The van der Waals surface area contributed by atoms with E-state index in [1.54, 1.807) is 24.0 Å². The Labute approximate surface area is 266 Å². The topological polar surface area (TPSA) is 138 Å². The summed E-state index contributed by atoms with van der Waals surface area (Å²) in [4.78, 5) is 48.1. The fourth-order valence-electron chi connectivity index (χ4n) is 6.02. The number of rotatable bonds is 10. The quantitative estimate of drug-likeness (QED) is 0.268. The number of likely N-dealkylation sites (N-methyl/N-ethyl adjacent to an activating group) is 1. The van der Waals surface area contributed by atoms with Gasteiger partial charge in [0.05, 0.1) is 44.9 Å². The molecule has 4 aromatic rings. The standard InChI is InChI=1S/C34H37N5O7/c1-37(31(40)18-22-7-12-28-30(17-22)46-34(36-28)35-27-5-3-4-6-29(27)44-2)24-10-8-23(9-11-24)25-19-39(20-26(25)33(42)43)32(41)21-38-13-15-45-16-14-38/h3-12,17,25-26H,13-16,18-21H2,1-2H3,(H,35,36)(H,42,43). The van der Waals surface area contributed by atoms with Crippen LogP contribution in [-0.2, 0) is 25.5 Å². The number of nitrogens with zero attached hydrogens (tertiary/aromatic N) is 4. The number of hydrogen-bond acceptors (Lipinski definition) is 9. The molecule has 2 unspecified atom stereocenters. The molecule has 2 N–H and O–H groups in total. The predicted octanol–water partition coefficient (Wildman–Crippen LogP) is 3.74. The number of ether oxygens (including phenoxy) is 2. The molecule has 2 aliphatic rings. The molecule has 12 nitrogen and oxygen atoms in total. The number of anilines is 3. The van der Waals surface area contributed by atoms with E-state index in [1.165, 1.54) is 0 Å². The van der Waals surface area contributed by atoms with Crippen LogP contribution < -0.4 is 15.0 Å². The lowest BCUT2D eigenvalue weighted by Crippen LogP contribution is -2.44. The van der Waals surface area contributed by atoms with Crippen LogP contribution in [0.25, 0.3) is 11.1 Å². The van der Waals surface area contributed by atoms with Gasteiger partial charge in [-0.05, 0) is 47.5 Å². The molecule has 0 saturated carbocycles. The van der Waals surface area contributed by atoms with Gasteiger partial charge in [-0.2, -0.15) is 4.98 Å². The lowest BCUT2D eigenvalue weighted by Gasteiger charge is -2.28. The maximum Gasteiger partial charge on any atom is 0.308 e. The molecule has 2 fully saturated rings. The number of carboxylic acid groups (broad SMARTS) is 1. The molecule has 46 heavy (non-hydrogen) atoms. The monoisotopic (exact) mass is 627 g/mol. The Bertz CT molecular complexity index is 1720. The first kappa shape index (κ1) is 31.1.